The number of alkyl halides is 3. The highest BCUT2D eigenvalue weighted by atomic mass is 32.2. The van der Waals surface area contributed by atoms with Crippen LogP contribution in [-0.4, -0.2) is 44.2 Å². The molecule has 0 aliphatic carbocycles. The summed E-state index contributed by atoms with van der Waals surface area (Å²) >= 11 is 0. The van der Waals surface area contributed by atoms with Crippen molar-refractivity contribution in [3.8, 4) is 17.3 Å². The summed E-state index contributed by atoms with van der Waals surface area (Å²) in [7, 11) is 0.278. The van der Waals surface area contributed by atoms with Crippen LogP contribution < -0.4 is 0 Å². The van der Waals surface area contributed by atoms with Crippen LogP contribution in [0, 0.1) is 0 Å². The molecule has 12 heteroatoms. The molecular weight excluding hydrogens is 407 g/mol. The van der Waals surface area contributed by atoms with E-state index in [1.54, 1.807) is 30.7 Å². The standard InChI is InChI=1S/C17H14F3N7OS/c1-3-29(28)12-4-5-14(27-9-21-8-23-27)25-15(12)16-24-10-6-13(17(18,19)20)22-7-11(10)26(16)2/h4-9H,3H2,1-2H3. The van der Waals surface area contributed by atoms with Gasteiger partial charge in [-0.05, 0) is 18.2 Å². The number of hydrogen-bond acceptors (Lipinski definition) is 6. The Kier molecular flexibility index (Phi) is 4.65. The minimum absolute atomic E-state index is 0.117. The fourth-order valence-electron chi connectivity index (χ4n) is 2.85. The molecule has 8 nitrogen and oxygen atoms in total. The average Bonchev–Trinajstić information content (AvgIpc) is 3.34. The maximum absolute atomic E-state index is 13.0. The van der Waals surface area contributed by atoms with Crippen molar-refractivity contribution in [2.75, 3.05) is 5.75 Å². The van der Waals surface area contributed by atoms with Gasteiger partial charge in [-0.25, -0.2) is 24.6 Å². The zero-order valence-electron chi connectivity index (χ0n) is 15.3. The number of pyridine rings is 2. The zero-order chi connectivity index (χ0) is 20.8. The third-order valence-electron chi connectivity index (χ3n) is 4.27. The van der Waals surface area contributed by atoms with Gasteiger partial charge in [0.1, 0.15) is 24.0 Å². The van der Waals surface area contributed by atoms with Crippen LogP contribution in [0.3, 0.4) is 0 Å². The monoisotopic (exact) mass is 421 g/mol. The summed E-state index contributed by atoms with van der Waals surface area (Å²) in [6.07, 6.45) is -0.658. The molecule has 4 aromatic heterocycles. The lowest BCUT2D eigenvalue weighted by atomic mass is 10.3. The molecule has 0 aliphatic heterocycles. The van der Waals surface area contributed by atoms with Crippen molar-refractivity contribution >= 4 is 21.8 Å². The zero-order valence-corrected chi connectivity index (χ0v) is 16.1. The van der Waals surface area contributed by atoms with E-state index in [9.17, 15) is 17.4 Å². The number of imidazole rings is 1. The number of halogens is 3. The minimum Gasteiger partial charge on any atom is -0.324 e. The minimum atomic E-state index is -4.58. The van der Waals surface area contributed by atoms with E-state index in [1.165, 1.54) is 17.3 Å². The van der Waals surface area contributed by atoms with E-state index in [0.717, 1.165) is 12.3 Å². The SMILES string of the molecule is CCS(=O)c1ccc(-n2cncn2)nc1-c1nc2cc(C(F)(F)F)ncc2n1C. The molecule has 0 amide bonds. The summed E-state index contributed by atoms with van der Waals surface area (Å²) in [4.78, 5) is 16.7. The van der Waals surface area contributed by atoms with E-state index in [1.807, 2.05) is 0 Å². The van der Waals surface area contributed by atoms with Crippen LogP contribution in [0.25, 0.3) is 28.4 Å². The Morgan fingerprint density at radius 1 is 1.21 bits per heavy atom. The molecule has 29 heavy (non-hydrogen) atoms. The van der Waals surface area contributed by atoms with Crippen molar-refractivity contribution in [2.45, 2.75) is 18.0 Å². The molecular formula is C17H14F3N7OS. The molecule has 4 rings (SSSR count). The number of fused-ring (bicyclic) bond motifs is 1. The Labute approximate surface area is 164 Å². The summed E-state index contributed by atoms with van der Waals surface area (Å²) in [5.74, 6) is 1.04. The Hall–Kier alpha value is -3.15. The molecule has 0 spiro atoms. The molecule has 4 heterocycles. The quantitative estimate of drug-likeness (QED) is 0.503. The molecule has 1 atom stereocenters. The van der Waals surface area contributed by atoms with E-state index >= 15 is 0 Å². The topological polar surface area (TPSA) is 91.4 Å². The second-order valence-corrected chi connectivity index (χ2v) is 7.75. The lowest BCUT2D eigenvalue weighted by Gasteiger charge is -2.10. The maximum Gasteiger partial charge on any atom is 0.433 e. The van der Waals surface area contributed by atoms with E-state index in [-0.39, 0.29) is 11.3 Å². The van der Waals surface area contributed by atoms with Crippen molar-refractivity contribution in [3.63, 3.8) is 0 Å². The van der Waals surface area contributed by atoms with Gasteiger partial charge in [-0.2, -0.15) is 18.3 Å². The molecule has 0 saturated carbocycles. The third kappa shape index (κ3) is 3.39. The van der Waals surface area contributed by atoms with Crippen molar-refractivity contribution in [1.82, 2.24) is 34.3 Å². The predicted octanol–water partition coefficient (Wildman–Crippen LogP) is 2.76. The van der Waals surface area contributed by atoms with Gasteiger partial charge in [0.05, 0.1) is 32.9 Å². The molecule has 0 saturated heterocycles. The molecule has 0 N–H and O–H groups in total. The Bertz CT molecular complexity index is 1220. The van der Waals surface area contributed by atoms with E-state index in [0.29, 0.717) is 27.7 Å². The second-order valence-electron chi connectivity index (χ2n) is 6.04. The Morgan fingerprint density at radius 2 is 2.00 bits per heavy atom. The fourth-order valence-corrected chi connectivity index (χ4v) is 3.73. The predicted molar refractivity (Wildman–Crippen MR) is 98.6 cm³/mol. The molecule has 4 aromatic rings. The van der Waals surface area contributed by atoms with Gasteiger partial charge in [0.2, 0.25) is 0 Å². The highest BCUT2D eigenvalue weighted by Gasteiger charge is 2.33. The van der Waals surface area contributed by atoms with Crippen LogP contribution in [0.2, 0.25) is 0 Å². The summed E-state index contributed by atoms with van der Waals surface area (Å²) in [5, 5.41) is 4.02. The van der Waals surface area contributed by atoms with Crippen molar-refractivity contribution in [1.29, 1.82) is 0 Å². The van der Waals surface area contributed by atoms with E-state index in [2.05, 4.69) is 25.0 Å². The number of nitrogens with zero attached hydrogens (tertiary/aromatic N) is 7. The highest BCUT2D eigenvalue weighted by Crippen LogP contribution is 2.32. The molecule has 150 valence electrons. The number of rotatable bonds is 4. The Balaban J connectivity index is 1.94. The van der Waals surface area contributed by atoms with Crippen LogP contribution in [0.1, 0.15) is 12.6 Å². The van der Waals surface area contributed by atoms with Gasteiger partial charge in [0.15, 0.2) is 11.6 Å². The van der Waals surface area contributed by atoms with Gasteiger partial charge in [-0.1, -0.05) is 6.92 Å². The van der Waals surface area contributed by atoms with Crippen LogP contribution in [0.5, 0.6) is 0 Å². The number of hydrogen-bond donors (Lipinski definition) is 0. The fraction of sp³-hybridized carbons (Fsp3) is 0.235. The first kappa shape index (κ1) is 19.2. The number of aryl methyl sites for hydroxylation is 1. The smallest absolute Gasteiger partial charge is 0.324 e. The molecule has 0 radical (unpaired) electrons. The van der Waals surface area contributed by atoms with Crippen LogP contribution in [0.15, 0.2) is 41.9 Å². The van der Waals surface area contributed by atoms with Gasteiger partial charge in [0, 0.05) is 12.8 Å². The maximum atomic E-state index is 13.0. The van der Waals surface area contributed by atoms with Gasteiger partial charge >= 0.3 is 6.18 Å². The summed E-state index contributed by atoms with van der Waals surface area (Å²) in [6, 6.07) is 4.18. The molecule has 0 bridgehead atoms. The molecule has 0 aliphatic rings. The average molecular weight is 421 g/mol. The van der Waals surface area contributed by atoms with Gasteiger partial charge in [0.25, 0.3) is 0 Å². The van der Waals surface area contributed by atoms with E-state index < -0.39 is 22.7 Å². The van der Waals surface area contributed by atoms with Gasteiger partial charge in [-0.15, -0.1) is 0 Å². The summed E-state index contributed by atoms with van der Waals surface area (Å²) in [5.41, 5.74) is -0.220. The van der Waals surface area contributed by atoms with Gasteiger partial charge in [-0.3, -0.25) is 4.21 Å². The van der Waals surface area contributed by atoms with Crippen LogP contribution >= 0.6 is 0 Å². The lowest BCUT2D eigenvalue weighted by molar-refractivity contribution is -0.141. The molecule has 0 fully saturated rings. The second kappa shape index (κ2) is 7.03. The van der Waals surface area contributed by atoms with Crippen molar-refractivity contribution in [3.05, 3.63) is 42.7 Å². The summed E-state index contributed by atoms with van der Waals surface area (Å²) < 4.78 is 54.6. The highest BCUT2D eigenvalue weighted by molar-refractivity contribution is 7.85. The first-order valence-corrected chi connectivity index (χ1v) is 9.76. The Morgan fingerprint density at radius 3 is 2.66 bits per heavy atom. The summed E-state index contributed by atoms with van der Waals surface area (Å²) in [6.45, 7) is 1.76. The first-order valence-electron chi connectivity index (χ1n) is 8.44. The lowest BCUT2D eigenvalue weighted by Crippen LogP contribution is -2.07. The van der Waals surface area contributed by atoms with Crippen molar-refractivity contribution in [2.24, 2.45) is 7.05 Å². The van der Waals surface area contributed by atoms with Crippen LogP contribution in [0.4, 0.5) is 13.2 Å². The largest absolute Gasteiger partial charge is 0.433 e. The van der Waals surface area contributed by atoms with Crippen molar-refractivity contribution < 1.29 is 17.4 Å². The van der Waals surface area contributed by atoms with Crippen LogP contribution in [-0.2, 0) is 24.0 Å². The number of aromatic nitrogens is 7. The van der Waals surface area contributed by atoms with Gasteiger partial charge < -0.3 is 4.57 Å². The normalized spacial score (nSPS) is 13.1. The van der Waals surface area contributed by atoms with E-state index in [4.69, 9.17) is 0 Å². The third-order valence-corrected chi connectivity index (χ3v) is 5.62. The molecule has 0 aromatic carbocycles. The molecule has 1 unspecified atom stereocenters. The first-order chi connectivity index (χ1) is 13.8.